The number of piperidine rings is 1. The highest BCUT2D eigenvalue weighted by atomic mass is 16.5. The number of carboxylic acids is 1. The minimum Gasteiger partial charge on any atom is -0.493 e. The number of esters is 1. The number of methoxy groups -OCH3 is 2. The second kappa shape index (κ2) is 9.30. The van der Waals surface area contributed by atoms with Crippen molar-refractivity contribution in [2.24, 2.45) is 29.6 Å². The molecule has 2 unspecified atom stereocenters. The number of aliphatic carboxylic acids is 1. The van der Waals surface area contributed by atoms with Crippen LogP contribution >= 0.6 is 0 Å². The summed E-state index contributed by atoms with van der Waals surface area (Å²) in [5.41, 5.74) is 2.57. The van der Waals surface area contributed by atoms with Gasteiger partial charge in [-0.25, -0.2) is 0 Å². The molecule has 1 saturated carbocycles. The number of rotatable bonds is 8. The molecule has 3 aliphatic rings. The maximum Gasteiger partial charge on any atom is 0.309 e. The lowest BCUT2D eigenvalue weighted by Crippen LogP contribution is -2.47. The molecule has 176 valence electrons. The molecular weight excluding hydrogens is 410 g/mol. The summed E-state index contributed by atoms with van der Waals surface area (Å²) < 4.78 is 16.7. The lowest BCUT2D eigenvalue weighted by Gasteiger charge is -2.47. The number of fused-ring (bicyclic) bond motifs is 3. The molecule has 7 heteroatoms. The van der Waals surface area contributed by atoms with Gasteiger partial charge in [0.2, 0.25) is 0 Å². The minimum atomic E-state index is -0.902. The van der Waals surface area contributed by atoms with Crippen molar-refractivity contribution in [3.63, 3.8) is 0 Å². The van der Waals surface area contributed by atoms with E-state index in [2.05, 4.69) is 30.9 Å². The summed E-state index contributed by atoms with van der Waals surface area (Å²) in [6.07, 6.45) is 3.39. The number of hydrogen-bond donors (Lipinski definition) is 1. The van der Waals surface area contributed by atoms with Crippen LogP contribution in [0.4, 0.5) is 0 Å². The van der Waals surface area contributed by atoms with Gasteiger partial charge in [-0.1, -0.05) is 13.8 Å². The van der Waals surface area contributed by atoms with Gasteiger partial charge in [-0.05, 0) is 66.7 Å². The van der Waals surface area contributed by atoms with Gasteiger partial charge in [-0.3, -0.25) is 14.5 Å². The molecule has 2 fully saturated rings. The van der Waals surface area contributed by atoms with Crippen molar-refractivity contribution >= 4 is 11.9 Å². The van der Waals surface area contributed by atoms with Crippen molar-refractivity contribution in [1.29, 1.82) is 0 Å². The molecule has 1 N–H and O–H groups in total. The number of nitrogens with zero attached hydrogens (tertiary/aromatic N) is 1. The third kappa shape index (κ3) is 4.58. The van der Waals surface area contributed by atoms with E-state index in [9.17, 15) is 9.59 Å². The molecule has 0 bridgehead atoms. The average molecular weight is 446 g/mol. The van der Waals surface area contributed by atoms with Crippen molar-refractivity contribution in [3.8, 4) is 11.5 Å². The Balaban J connectivity index is 1.51. The summed E-state index contributed by atoms with van der Waals surface area (Å²) in [7, 11) is 3.32. The molecule has 0 amide bonds. The summed E-state index contributed by atoms with van der Waals surface area (Å²) in [6, 6.07) is 4.47. The van der Waals surface area contributed by atoms with Crippen LogP contribution in [0.25, 0.3) is 0 Å². The molecule has 32 heavy (non-hydrogen) atoms. The van der Waals surface area contributed by atoms with E-state index in [4.69, 9.17) is 19.3 Å². The Morgan fingerprint density at radius 3 is 2.44 bits per heavy atom. The second-order valence-electron chi connectivity index (χ2n) is 9.97. The maximum atomic E-state index is 12.4. The van der Waals surface area contributed by atoms with E-state index < -0.39 is 17.8 Å². The fourth-order valence-electron chi connectivity index (χ4n) is 5.61. The Bertz CT molecular complexity index is 868. The van der Waals surface area contributed by atoms with Gasteiger partial charge in [-0.2, -0.15) is 0 Å². The minimum absolute atomic E-state index is 0.253. The number of benzene rings is 1. The Kier molecular flexibility index (Phi) is 6.65. The zero-order valence-corrected chi connectivity index (χ0v) is 19.5. The Morgan fingerprint density at radius 1 is 1.09 bits per heavy atom. The van der Waals surface area contributed by atoms with Crippen LogP contribution in [0.3, 0.4) is 0 Å². The first kappa shape index (κ1) is 22.9. The molecule has 1 aromatic carbocycles. The van der Waals surface area contributed by atoms with Crippen molar-refractivity contribution in [2.75, 3.05) is 33.9 Å². The van der Waals surface area contributed by atoms with Crippen LogP contribution in [0.15, 0.2) is 12.1 Å². The molecular formula is C25H35NO6. The third-order valence-corrected chi connectivity index (χ3v) is 7.40. The fourth-order valence-corrected chi connectivity index (χ4v) is 5.61. The molecule has 1 saturated heterocycles. The lowest BCUT2D eigenvalue weighted by molar-refractivity contribution is -0.151. The number of carbonyl (C=O) groups excluding carboxylic acids is 1. The van der Waals surface area contributed by atoms with Crippen LogP contribution in [0.2, 0.25) is 0 Å². The Morgan fingerprint density at radius 2 is 1.81 bits per heavy atom. The van der Waals surface area contributed by atoms with Gasteiger partial charge in [-0.15, -0.1) is 0 Å². The molecule has 1 aliphatic carbocycles. The predicted octanol–water partition coefficient (Wildman–Crippen LogP) is 3.55. The molecule has 7 nitrogen and oxygen atoms in total. The van der Waals surface area contributed by atoms with E-state index in [0.717, 1.165) is 43.9 Å². The maximum absolute atomic E-state index is 12.4. The quantitative estimate of drug-likeness (QED) is 0.613. The van der Waals surface area contributed by atoms with E-state index in [-0.39, 0.29) is 17.9 Å². The molecule has 4 rings (SSSR count). The summed E-state index contributed by atoms with van der Waals surface area (Å²) >= 11 is 0. The van der Waals surface area contributed by atoms with Gasteiger partial charge in [0.25, 0.3) is 0 Å². The largest absolute Gasteiger partial charge is 0.493 e. The van der Waals surface area contributed by atoms with E-state index in [1.54, 1.807) is 14.2 Å². The fraction of sp³-hybridized carbons (Fsp3) is 0.680. The normalized spacial score (nSPS) is 29.1. The smallest absolute Gasteiger partial charge is 0.309 e. The van der Waals surface area contributed by atoms with Gasteiger partial charge in [0.05, 0.1) is 32.7 Å². The highest BCUT2D eigenvalue weighted by molar-refractivity contribution is 5.86. The van der Waals surface area contributed by atoms with Crippen LogP contribution in [0.1, 0.15) is 50.3 Å². The van der Waals surface area contributed by atoms with E-state index >= 15 is 0 Å². The van der Waals surface area contributed by atoms with Crippen LogP contribution in [-0.2, 0) is 20.7 Å². The highest BCUT2D eigenvalue weighted by Gasteiger charge is 2.50. The highest BCUT2D eigenvalue weighted by Crippen LogP contribution is 2.46. The zero-order valence-electron chi connectivity index (χ0n) is 19.5. The topological polar surface area (TPSA) is 85.3 Å². The third-order valence-electron chi connectivity index (χ3n) is 7.40. The Labute approximate surface area is 190 Å². The summed E-state index contributed by atoms with van der Waals surface area (Å²) in [4.78, 5) is 26.1. The molecule has 5 atom stereocenters. The van der Waals surface area contributed by atoms with Crippen LogP contribution in [0, 0.1) is 29.6 Å². The van der Waals surface area contributed by atoms with Crippen molar-refractivity contribution in [2.45, 2.75) is 45.6 Å². The molecule has 2 aliphatic heterocycles. The van der Waals surface area contributed by atoms with Gasteiger partial charge >= 0.3 is 11.9 Å². The number of ether oxygens (including phenoxy) is 3. The first-order chi connectivity index (χ1) is 15.3. The molecule has 0 spiro atoms. The molecule has 2 heterocycles. The summed E-state index contributed by atoms with van der Waals surface area (Å²) in [5, 5.41) is 9.10. The van der Waals surface area contributed by atoms with Crippen molar-refractivity contribution < 1.29 is 28.9 Å². The zero-order chi connectivity index (χ0) is 23.0. The molecule has 0 radical (unpaired) electrons. The van der Waals surface area contributed by atoms with Crippen LogP contribution < -0.4 is 9.47 Å². The van der Waals surface area contributed by atoms with E-state index in [1.807, 2.05) is 0 Å². The van der Waals surface area contributed by atoms with Crippen molar-refractivity contribution in [1.82, 2.24) is 4.90 Å². The molecule has 0 aromatic heterocycles. The first-order valence-electron chi connectivity index (χ1n) is 11.7. The van der Waals surface area contributed by atoms with Gasteiger partial charge in [0.1, 0.15) is 0 Å². The second-order valence-corrected chi connectivity index (χ2v) is 9.97. The number of hydrogen-bond acceptors (Lipinski definition) is 6. The predicted molar refractivity (Wildman–Crippen MR) is 119 cm³/mol. The Hall–Kier alpha value is -2.28. The average Bonchev–Trinajstić information content (AvgIpc) is 3.57. The summed E-state index contributed by atoms with van der Waals surface area (Å²) in [6.45, 7) is 6.83. The van der Waals surface area contributed by atoms with Gasteiger partial charge < -0.3 is 19.3 Å². The molecule has 1 aromatic rings. The standard InChI is InChI=1S/C25H35NO6/c1-14(2)7-16-12-26-6-5-15-9-22(30-3)23(31-4)11-18(15)21(26)8-17(16)13-32-25(29)20-10-19(20)24(27)28/h9,11,14,16-17,19-21H,5-8,10,12-13H2,1-4H3,(H,27,28)/t16-,17+,19?,20?,21-/m1/s1. The number of carbonyl (C=O) groups is 2. The van der Waals surface area contributed by atoms with E-state index in [0.29, 0.717) is 24.9 Å². The van der Waals surface area contributed by atoms with Crippen LogP contribution in [0.5, 0.6) is 11.5 Å². The van der Waals surface area contributed by atoms with Gasteiger partial charge in [0, 0.05) is 19.1 Å². The lowest BCUT2D eigenvalue weighted by atomic mass is 9.74. The number of carboxylic acid groups (broad SMARTS) is 1. The first-order valence-corrected chi connectivity index (χ1v) is 11.7. The van der Waals surface area contributed by atoms with Gasteiger partial charge in [0.15, 0.2) is 11.5 Å². The SMILES string of the molecule is COc1cc2c(cc1OC)[C@H]1C[C@@H](COC(=O)C3CC3C(=O)O)[C@H](CC(C)C)CN1CC2. The monoisotopic (exact) mass is 445 g/mol. The summed E-state index contributed by atoms with van der Waals surface area (Å²) in [5.74, 6) is 0.492. The van der Waals surface area contributed by atoms with Crippen LogP contribution in [-0.4, -0.2) is 55.9 Å². The van der Waals surface area contributed by atoms with Crippen molar-refractivity contribution in [3.05, 3.63) is 23.3 Å². The van der Waals surface area contributed by atoms with E-state index in [1.165, 1.54) is 11.1 Å².